The lowest BCUT2D eigenvalue weighted by molar-refractivity contribution is 0.181. The Hall–Kier alpha value is -1.07. The molecule has 3 heterocycles. The first-order valence-electron chi connectivity index (χ1n) is 8.41. The van der Waals surface area contributed by atoms with Crippen LogP contribution in [0.3, 0.4) is 0 Å². The molecule has 0 unspecified atom stereocenters. The molecule has 1 N–H and O–H groups in total. The zero-order chi connectivity index (χ0) is 14.2. The van der Waals surface area contributed by atoms with Crippen LogP contribution in [0.15, 0.2) is 12.3 Å². The van der Waals surface area contributed by atoms with E-state index in [0.717, 1.165) is 38.3 Å². The molecule has 1 saturated carbocycles. The van der Waals surface area contributed by atoms with Gasteiger partial charge < -0.3 is 10.1 Å². The van der Waals surface area contributed by atoms with Crippen molar-refractivity contribution in [3.05, 3.63) is 12.3 Å². The molecule has 0 radical (unpaired) electrons. The van der Waals surface area contributed by atoms with Crippen molar-refractivity contribution in [3.63, 3.8) is 0 Å². The van der Waals surface area contributed by atoms with E-state index in [4.69, 9.17) is 4.74 Å². The second-order valence-corrected chi connectivity index (χ2v) is 6.98. The van der Waals surface area contributed by atoms with Gasteiger partial charge in [0, 0.05) is 49.8 Å². The van der Waals surface area contributed by atoms with Gasteiger partial charge in [-0.2, -0.15) is 5.10 Å². The highest BCUT2D eigenvalue weighted by Gasteiger charge is 2.38. The Morgan fingerprint density at radius 3 is 3.05 bits per heavy atom. The third kappa shape index (κ3) is 2.94. The fourth-order valence-electron chi connectivity index (χ4n) is 3.86. The van der Waals surface area contributed by atoms with Gasteiger partial charge in [0.2, 0.25) is 0 Å². The van der Waals surface area contributed by atoms with Crippen LogP contribution in [0, 0.1) is 5.92 Å². The minimum atomic E-state index is 0.566. The van der Waals surface area contributed by atoms with E-state index in [2.05, 4.69) is 33.0 Å². The molecule has 2 aliphatic heterocycles. The molecule has 2 saturated heterocycles. The van der Waals surface area contributed by atoms with Gasteiger partial charge in [-0.05, 0) is 32.6 Å². The van der Waals surface area contributed by atoms with E-state index < -0.39 is 0 Å². The number of ether oxygens (including phenoxy) is 1. The van der Waals surface area contributed by atoms with E-state index in [0.29, 0.717) is 12.0 Å². The normalized spacial score (nSPS) is 33.7. The minimum Gasteiger partial charge on any atom is -0.381 e. The number of likely N-dealkylation sites (tertiary alicyclic amines) is 1. The van der Waals surface area contributed by atoms with E-state index in [-0.39, 0.29) is 0 Å². The van der Waals surface area contributed by atoms with Crippen LogP contribution in [0.1, 0.15) is 32.6 Å². The molecule has 5 heteroatoms. The van der Waals surface area contributed by atoms with Crippen molar-refractivity contribution < 1.29 is 4.74 Å². The zero-order valence-corrected chi connectivity index (χ0v) is 12.9. The van der Waals surface area contributed by atoms with Crippen LogP contribution in [-0.2, 0) is 11.3 Å². The number of nitrogens with zero attached hydrogens (tertiary/aromatic N) is 3. The zero-order valence-electron chi connectivity index (χ0n) is 12.9. The van der Waals surface area contributed by atoms with Crippen molar-refractivity contribution >= 4 is 5.82 Å². The van der Waals surface area contributed by atoms with E-state index >= 15 is 0 Å². The topological polar surface area (TPSA) is 42.3 Å². The van der Waals surface area contributed by atoms with Crippen LogP contribution >= 0.6 is 0 Å². The highest BCUT2D eigenvalue weighted by atomic mass is 16.5. The molecule has 3 atom stereocenters. The van der Waals surface area contributed by atoms with Crippen molar-refractivity contribution in [2.45, 2.75) is 57.3 Å². The van der Waals surface area contributed by atoms with Gasteiger partial charge in [-0.1, -0.05) is 0 Å². The van der Waals surface area contributed by atoms with E-state index in [1.807, 2.05) is 6.20 Å². The molecule has 1 aliphatic carbocycles. The lowest BCUT2D eigenvalue weighted by Crippen LogP contribution is -2.31. The number of nitrogens with one attached hydrogen (secondary N) is 1. The Bertz CT molecular complexity index is 478. The first-order chi connectivity index (χ1) is 10.3. The summed E-state index contributed by atoms with van der Waals surface area (Å²) in [6.45, 7) is 6.32. The molecule has 1 aromatic rings. The van der Waals surface area contributed by atoms with Gasteiger partial charge in [-0.25, -0.2) is 4.68 Å². The van der Waals surface area contributed by atoms with E-state index in [1.54, 1.807) is 0 Å². The summed E-state index contributed by atoms with van der Waals surface area (Å²) in [7, 11) is 0. The van der Waals surface area contributed by atoms with Crippen LogP contribution < -0.4 is 5.32 Å². The fraction of sp³-hybridized carbons (Fsp3) is 0.812. The minimum absolute atomic E-state index is 0.566. The average Bonchev–Trinajstić information content (AvgIpc) is 2.86. The summed E-state index contributed by atoms with van der Waals surface area (Å²) in [5.41, 5.74) is 0. The molecular weight excluding hydrogens is 264 g/mol. The molecule has 21 heavy (non-hydrogen) atoms. The van der Waals surface area contributed by atoms with Crippen molar-refractivity contribution in [1.29, 1.82) is 0 Å². The maximum Gasteiger partial charge on any atom is 0.124 e. The van der Waals surface area contributed by atoms with Crippen LogP contribution in [0.2, 0.25) is 0 Å². The summed E-state index contributed by atoms with van der Waals surface area (Å²) in [6, 6.07) is 4.26. The summed E-state index contributed by atoms with van der Waals surface area (Å²) in [5.74, 6) is 1.80. The predicted molar refractivity (Wildman–Crippen MR) is 82.4 cm³/mol. The maximum atomic E-state index is 5.47. The van der Waals surface area contributed by atoms with Gasteiger partial charge in [-0.3, -0.25) is 4.90 Å². The number of hydrogen-bond acceptors (Lipinski definition) is 4. The third-order valence-corrected chi connectivity index (χ3v) is 5.16. The number of hydrogen-bond donors (Lipinski definition) is 1. The SMILES string of the molecule is C[C@@H]1C[C@H](Nc2ccnn2C[C@@H]2CCOC2)CN1C1CC1. The highest BCUT2D eigenvalue weighted by molar-refractivity contribution is 5.36. The Morgan fingerprint density at radius 1 is 1.38 bits per heavy atom. The Kier molecular flexibility index (Phi) is 3.63. The first kappa shape index (κ1) is 13.6. The first-order valence-corrected chi connectivity index (χ1v) is 8.41. The molecule has 0 spiro atoms. The summed E-state index contributed by atoms with van der Waals surface area (Å²) in [4.78, 5) is 2.68. The highest BCUT2D eigenvalue weighted by Crippen LogP contribution is 2.34. The fourth-order valence-corrected chi connectivity index (χ4v) is 3.86. The molecule has 3 fully saturated rings. The van der Waals surface area contributed by atoms with Gasteiger partial charge in [0.1, 0.15) is 5.82 Å². The quantitative estimate of drug-likeness (QED) is 0.900. The number of anilines is 1. The van der Waals surface area contributed by atoms with Crippen LogP contribution in [0.5, 0.6) is 0 Å². The molecule has 5 nitrogen and oxygen atoms in total. The van der Waals surface area contributed by atoms with Gasteiger partial charge in [0.15, 0.2) is 0 Å². The molecule has 0 bridgehead atoms. The number of aromatic nitrogens is 2. The van der Waals surface area contributed by atoms with E-state index in [1.165, 1.54) is 31.6 Å². The second-order valence-electron chi connectivity index (χ2n) is 6.98. The van der Waals surface area contributed by atoms with Crippen LogP contribution in [0.4, 0.5) is 5.82 Å². The van der Waals surface area contributed by atoms with Gasteiger partial charge in [0.05, 0.1) is 12.8 Å². The van der Waals surface area contributed by atoms with Crippen molar-refractivity contribution in [1.82, 2.24) is 14.7 Å². The van der Waals surface area contributed by atoms with Crippen LogP contribution in [0.25, 0.3) is 0 Å². The Labute approximate surface area is 126 Å². The van der Waals surface area contributed by atoms with Gasteiger partial charge >= 0.3 is 0 Å². The van der Waals surface area contributed by atoms with Gasteiger partial charge in [0.25, 0.3) is 0 Å². The molecular formula is C16H26N4O. The molecule has 0 aromatic carbocycles. The average molecular weight is 290 g/mol. The Balaban J connectivity index is 1.37. The summed E-state index contributed by atoms with van der Waals surface area (Å²) >= 11 is 0. The smallest absolute Gasteiger partial charge is 0.124 e. The van der Waals surface area contributed by atoms with Crippen molar-refractivity contribution in [3.8, 4) is 0 Å². The molecule has 1 aromatic heterocycles. The predicted octanol–water partition coefficient (Wildman–Crippen LogP) is 1.96. The van der Waals surface area contributed by atoms with Gasteiger partial charge in [-0.15, -0.1) is 0 Å². The standard InChI is InChI=1S/C16H26N4O/c1-12-8-14(10-19(12)15-2-3-15)18-16-4-6-17-20(16)9-13-5-7-21-11-13/h4,6,12-15,18H,2-3,5,7-11H2,1H3/t12-,13+,14+/m1/s1. The molecule has 4 rings (SSSR count). The van der Waals surface area contributed by atoms with E-state index in [9.17, 15) is 0 Å². The molecule has 116 valence electrons. The maximum absolute atomic E-state index is 5.47. The molecule has 3 aliphatic rings. The second kappa shape index (κ2) is 5.61. The lowest BCUT2D eigenvalue weighted by atomic mass is 10.1. The summed E-state index contributed by atoms with van der Waals surface area (Å²) in [5, 5.41) is 8.22. The van der Waals surface area contributed by atoms with Crippen LogP contribution in [-0.4, -0.2) is 52.6 Å². The van der Waals surface area contributed by atoms with Crippen molar-refractivity contribution in [2.24, 2.45) is 5.92 Å². The van der Waals surface area contributed by atoms with Crippen molar-refractivity contribution in [2.75, 3.05) is 25.1 Å². The third-order valence-electron chi connectivity index (χ3n) is 5.16. The summed E-state index contributed by atoms with van der Waals surface area (Å²) in [6.07, 6.45) is 7.12. The monoisotopic (exact) mass is 290 g/mol. The lowest BCUT2D eigenvalue weighted by Gasteiger charge is -2.20. The number of rotatable bonds is 5. The molecule has 0 amide bonds. The largest absolute Gasteiger partial charge is 0.381 e. The Morgan fingerprint density at radius 2 is 2.29 bits per heavy atom. The summed E-state index contributed by atoms with van der Waals surface area (Å²) < 4.78 is 7.60.